The minimum absolute atomic E-state index is 0.115. The first-order valence-electron chi connectivity index (χ1n) is 9.11. The van der Waals surface area contributed by atoms with Gasteiger partial charge in [0, 0.05) is 24.6 Å². The van der Waals surface area contributed by atoms with Gasteiger partial charge in [-0.1, -0.05) is 25.7 Å². The molecule has 1 saturated heterocycles. The number of nitrogens with one attached hydrogen (secondary N) is 2. The summed E-state index contributed by atoms with van der Waals surface area (Å²) < 4.78 is 0. The number of fused-ring (bicyclic) bond motifs is 1. The third-order valence-electron chi connectivity index (χ3n) is 5.34. The van der Waals surface area contributed by atoms with Gasteiger partial charge >= 0.3 is 0 Å². The molecule has 1 saturated carbocycles. The van der Waals surface area contributed by atoms with Gasteiger partial charge in [0.05, 0.1) is 6.04 Å². The molecule has 1 aliphatic heterocycles. The number of H-pyrrole nitrogens is 1. The lowest BCUT2D eigenvalue weighted by Crippen LogP contribution is -2.40. The number of hydrogen-bond acceptors (Lipinski definition) is 4. The summed E-state index contributed by atoms with van der Waals surface area (Å²) in [5.41, 5.74) is 1.93. The van der Waals surface area contributed by atoms with E-state index in [0.717, 1.165) is 18.4 Å². The van der Waals surface area contributed by atoms with E-state index >= 15 is 0 Å². The zero-order valence-corrected chi connectivity index (χ0v) is 14.2. The number of amides is 2. The molecule has 0 spiro atoms. The van der Waals surface area contributed by atoms with E-state index in [2.05, 4.69) is 20.7 Å². The summed E-state index contributed by atoms with van der Waals surface area (Å²) in [6.45, 7) is 0.626. The van der Waals surface area contributed by atoms with E-state index in [4.69, 9.17) is 0 Å². The Hall–Kier alpha value is -2.44. The van der Waals surface area contributed by atoms with E-state index in [0.29, 0.717) is 30.1 Å². The standard InChI is InChI=1S/C18H23N5O2/c24-17-10-13(11-23(17)14-5-3-1-2-4-6-14)19-18(25)12-7-8-15-16(9-12)21-22-20-15/h7-9,13-14H,1-6,10-11H2,(H,19,25)(H,20,21,22)/t13-/m0/s1. The van der Waals surface area contributed by atoms with Gasteiger partial charge in [0.2, 0.25) is 5.91 Å². The molecule has 7 heteroatoms. The van der Waals surface area contributed by atoms with Crippen LogP contribution < -0.4 is 5.32 Å². The number of carbonyl (C=O) groups excluding carboxylic acids is 2. The van der Waals surface area contributed by atoms with Crippen molar-refractivity contribution in [3.8, 4) is 0 Å². The summed E-state index contributed by atoms with van der Waals surface area (Å²) in [5, 5.41) is 13.5. The number of rotatable bonds is 3. The van der Waals surface area contributed by atoms with Gasteiger partial charge < -0.3 is 10.2 Å². The molecule has 132 valence electrons. The van der Waals surface area contributed by atoms with Gasteiger partial charge in [0.15, 0.2) is 0 Å². The second-order valence-electron chi connectivity index (χ2n) is 7.09. The summed E-state index contributed by atoms with van der Waals surface area (Å²) in [6, 6.07) is 5.46. The minimum Gasteiger partial charge on any atom is -0.347 e. The lowest BCUT2D eigenvalue weighted by atomic mass is 10.1. The van der Waals surface area contributed by atoms with Crippen LogP contribution in [-0.2, 0) is 4.79 Å². The van der Waals surface area contributed by atoms with Crippen molar-refractivity contribution in [2.75, 3.05) is 6.54 Å². The second-order valence-corrected chi connectivity index (χ2v) is 7.09. The molecule has 4 rings (SSSR count). The fourth-order valence-corrected chi connectivity index (χ4v) is 4.00. The van der Waals surface area contributed by atoms with Gasteiger partial charge in [0.25, 0.3) is 5.91 Å². The molecule has 2 aromatic rings. The Bertz CT molecular complexity index is 779. The maximum atomic E-state index is 12.5. The summed E-state index contributed by atoms with van der Waals surface area (Å²) >= 11 is 0. The number of likely N-dealkylation sites (tertiary alicyclic amines) is 1. The smallest absolute Gasteiger partial charge is 0.251 e. The van der Waals surface area contributed by atoms with E-state index in [1.54, 1.807) is 18.2 Å². The zero-order chi connectivity index (χ0) is 17.2. The number of nitrogens with zero attached hydrogens (tertiary/aromatic N) is 3. The quantitative estimate of drug-likeness (QED) is 0.836. The van der Waals surface area contributed by atoms with Gasteiger partial charge in [-0.25, -0.2) is 0 Å². The highest BCUT2D eigenvalue weighted by atomic mass is 16.2. The normalized spacial score (nSPS) is 22.3. The predicted octanol–water partition coefficient (Wildman–Crippen LogP) is 2.01. The summed E-state index contributed by atoms with van der Waals surface area (Å²) in [4.78, 5) is 26.9. The molecule has 0 bridgehead atoms. The van der Waals surface area contributed by atoms with E-state index in [-0.39, 0.29) is 17.9 Å². The average Bonchev–Trinajstić information content (AvgIpc) is 3.12. The van der Waals surface area contributed by atoms with Crippen molar-refractivity contribution in [1.29, 1.82) is 0 Å². The van der Waals surface area contributed by atoms with Gasteiger partial charge in [-0.05, 0) is 31.0 Å². The zero-order valence-electron chi connectivity index (χ0n) is 14.2. The van der Waals surface area contributed by atoms with Crippen molar-refractivity contribution in [3.63, 3.8) is 0 Å². The first kappa shape index (κ1) is 16.1. The largest absolute Gasteiger partial charge is 0.347 e. The molecule has 1 atom stereocenters. The van der Waals surface area contributed by atoms with Crippen LogP contribution in [0.25, 0.3) is 11.0 Å². The summed E-state index contributed by atoms with van der Waals surface area (Å²) in [5.74, 6) is 0.00886. The Morgan fingerprint density at radius 2 is 1.88 bits per heavy atom. The third-order valence-corrected chi connectivity index (χ3v) is 5.34. The van der Waals surface area contributed by atoms with Crippen LogP contribution in [0.3, 0.4) is 0 Å². The van der Waals surface area contributed by atoms with Crippen molar-refractivity contribution in [3.05, 3.63) is 23.8 Å². The maximum Gasteiger partial charge on any atom is 0.251 e. The molecule has 2 aliphatic rings. The van der Waals surface area contributed by atoms with Crippen LogP contribution in [0.1, 0.15) is 55.3 Å². The number of carbonyl (C=O) groups is 2. The molecule has 2 fully saturated rings. The van der Waals surface area contributed by atoms with Crippen LogP contribution in [0.4, 0.5) is 0 Å². The van der Waals surface area contributed by atoms with E-state index in [1.165, 1.54) is 25.7 Å². The summed E-state index contributed by atoms with van der Waals surface area (Å²) in [7, 11) is 0. The van der Waals surface area contributed by atoms with Crippen molar-refractivity contribution in [2.45, 2.75) is 57.0 Å². The number of hydrogen-bond donors (Lipinski definition) is 2. The van der Waals surface area contributed by atoms with Crippen molar-refractivity contribution in [2.24, 2.45) is 0 Å². The lowest BCUT2D eigenvalue weighted by molar-refractivity contribution is -0.129. The topological polar surface area (TPSA) is 91.0 Å². The van der Waals surface area contributed by atoms with Gasteiger partial charge in [-0.15, -0.1) is 0 Å². The lowest BCUT2D eigenvalue weighted by Gasteiger charge is -2.27. The molecule has 2 N–H and O–H groups in total. The Balaban J connectivity index is 1.40. The van der Waals surface area contributed by atoms with Crippen LogP contribution in [0.15, 0.2) is 18.2 Å². The molecule has 2 heterocycles. The van der Waals surface area contributed by atoms with Gasteiger partial charge in [-0.3, -0.25) is 9.59 Å². The van der Waals surface area contributed by atoms with Crippen molar-refractivity contribution < 1.29 is 9.59 Å². The highest BCUT2D eigenvalue weighted by Crippen LogP contribution is 2.26. The molecule has 1 aromatic heterocycles. The van der Waals surface area contributed by atoms with Crippen LogP contribution in [0, 0.1) is 0 Å². The Kier molecular flexibility index (Phi) is 4.38. The monoisotopic (exact) mass is 341 g/mol. The van der Waals surface area contributed by atoms with E-state index in [9.17, 15) is 9.59 Å². The highest BCUT2D eigenvalue weighted by Gasteiger charge is 2.35. The van der Waals surface area contributed by atoms with Crippen LogP contribution in [0.2, 0.25) is 0 Å². The number of benzene rings is 1. The second kappa shape index (κ2) is 6.82. The Morgan fingerprint density at radius 3 is 2.68 bits per heavy atom. The van der Waals surface area contributed by atoms with Gasteiger partial charge in [-0.2, -0.15) is 15.4 Å². The third kappa shape index (κ3) is 3.36. The number of aromatic nitrogens is 3. The SMILES string of the molecule is O=C(N[C@H]1CC(=O)N(C2CCCCCC2)C1)c1ccc2n[nH]nc2c1. The average molecular weight is 341 g/mol. The maximum absolute atomic E-state index is 12.5. The molecule has 0 unspecified atom stereocenters. The molecule has 2 amide bonds. The molecule has 1 aliphatic carbocycles. The molecule has 7 nitrogen and oxygen atoms in total. The van der Waals surface area contributed by atoms with Crippen molar-refractivity contribution >= 4 is 22.8 Å². The highest BCUT2D eigenvalue weighted by molar-refractivity contribution is 5.97. The van der Waals surface area contributed by atoms with Crippen molar-refractivity contribution in [1.82, 2.24) is 25.6 Å². The first-order valence-corrected chi connectivity index (χ1v) is 9.11. The Labute approximate surface area is 146 Å². The number of aromatic amines is 1. The van der Waals surface area contributed by atoms with Crippen LogP contribution in [-0.4, -0.2) is 50.8 Å². The molecular formula is C18H23N5O2. The molecule has 0 radical (unpaired) electrons. The summed E-state index contributed by atoms with van der Waals surface area (Å²) in [6.07, 6.45) is 7.51. The van der Waals surface area contributed by atoms with Crippen LogP contribution in [0.5, 0.6) is 0 Å². The van der Waals surface area contributed by atoms with E-state index in [1.807, 2.05) is 4.90 Å². The minimum atomic E-state index is -0.162. The van der Waals surface area contributed by atoms with E-state index < -0.39 is 0 Å². The molecule has 1 aromatic carbocycles. The fourth-order valence-electron chi connectivity index (χ4n) is 4.00. The molecule has 25 heavy (non-hydrogen) atoms. The fraction of sp³-hybridized carbons (Fsp3) is 0.556. The van der Waals surface area contributed by atoms with Gasteiger partial charge in [0.1, 0.15) is 11.0 Å². The molecular weight excluding hydrogens is 318 g/mol. The Morgan fingerprint density at radius 1 is 1.12 bits per heavy atom. The first-order chi connectivity index (χ1) is 12.2. The van der Waals surface area contributed by atoms with Crippen LogP contribution >= 0.6 is 0 Å². The predicted molar refractivity (Wildman–Crippen MR) is 93.0 cm³/mol.